The van der Waals surface area contributed by atoms with Gasteiger partial charge in [0.1, 0.15) is 11.5 Å². The molecule has 0 unspecified atom stereocenters. The maximum Gasteiger partial charge on any atom is 0.221 e. The summed E-state index contributed by atoms with van der Waals surface area (Å²) in [6.45, 7) is 3.04. The summed E-state index contributed by atoms with van der Waals surface area (Å²) in [6.07, 6.45) is 0.468. The molecule has 0 aromatic carbocycles. The number of carbonyl (C=O) groups excluding carboxylic acids is 1. The highest BCUT2D eigenvalue weighted by atomic mass is 32.1. The van der Waals surface area contributed by atoms with E-state index < -0.39 is 0 Å². The Bertz CT molecular complexity index is 548. The number of nitrogens with zero attached hydrogens (tertiary/aromatic N) is 1. The molecule has 2 aromatic rings. The van der Waals surface area contributed by atoms with Gasteiger partial charge in [-0.2, -0.15) is 0 Å². The van der Waals surface area contributed by atoms with E-state index in [-0.39, 0.29) is 5.91 Å². The molecule has 5 nitrogen and oxygen atoms in total. The number of aryl methyl sites for hydroxylation is 1. The van der Waals surface area contributed by atoms with Crippen LogP contribution in [0.1, 0.15) is 17.2 Å². The number of nitrogens with one attached hydrogen (secondary N) is 2. The average molecular weight is 279 g/mol. The van der Waals surface area contributed by atoms with Gasteiger partial charge in [-0.1, -0.05) is 0 Å². The minimum Gasteiger partial charge on any atom is -0.458 e. The van der Waals surface area contributed by atoms with Crippen LogP contribution in [0.3, 0.4) is 0 Å². The normalized spacial score (nSPS) is 10.6. The Hall–Kier alpha value is -1.66. The van der Waals surface area contributed by atoms with Crippen LogP contribution in [0.2, 0.25) is 0 Å². The van der Waals surface area contributed by atoms with Gasteiger partial charge >= 0.3 is 0 Å². The molecule has 2 rings (SSSR count). The summed E-state index contributed by atoms with van der Waals surface area (Å²) in [4.78, 5) is 15.8. The molecule has 1 amide bonds. The molecule has 0 aliphatic carbocycles. The lowest BCUT2D eigenvalue weighted by molar-refractivity contribution is -0.121. The molecule has 0 saturated carbocycles. The third-order valence-corrected chi connectivity index (χ3v) is 3.37. The van der Waals surface area contributed by atoms with Gasteiger partial charge in [-0.05, 0) is 26.1 Å². The highest BCUT2D eigenvalue weighted by molar-refractivity contribution is 7.09. The standard InChI is InChI=1S/C13H17N3O2S/c1-9-16-11(8-19-9)12-4-3-10(18-12)7-15-13(17)5-6-14-2/h3-4,8,14H,5-7H2,1-2H3,(H,15,17). The molecule has 0 aliphatic rings. The van der Waals surface area contributed by atoms with E-state index in [9.17, 15) is 4.79 Å². The largest absolute Gasteiger partial charge is 0.458 e. The van der Waals surface area contributed by atoms with Crippen LogP contribution in [0.15, 0.2) is 21.9 Å². The SMILES string of the molecule is CNCCC(=O)NCc1ccc(-c2csc(C)n2)o1. The third kappa shape index (κ3) is 3.90. The summed E-state index contributed by atoms with van der Waals surface area (Å²) in [5, 5.41) is 8.72. The lowest BCUT2D eigenvalue weighted by atomic mass is 10.3. The van der Waals surface area contributed by atoms with E-state index >= 15 is 0 Å². The summed E-state index contributed by atoms with van der Waals surface area (Å²) in [5.74, 6) is 1.49. The van der Waals surface area contributed by atoms with E-state index in [4.69, 9.17) is 4.42 Å². The van der Waals surface area contributed by atoms with Gasteiger partial charge in [0.2, 0.25) is 5.91 Å². The molecule has 2 N–H and O–H groups in total. The van der Waals surface area contributed by atoms with Crippen molar-refractivity contribution in [3.05, 3.63) is 28.3 Å². The first-order chi connectivity index (χ1) is 9.19. The Labute approximate surface area is 116 Å². The topological polar surface area (TPSA) is 67.2 Å². The fourth-order valence-electron chi connectivity index (χ4n) is 1.60. The van der Waals surface area contributed by atoms with Gasteiger partial charge in [0.25, 0.3) is 0 Å². The summed E-state index contributed by atoms with van der Waals surface area (Å²) in [7, 11) is 1.82. The number of aromatic nitrogens is 1. The maximum absolute atomic E-state index is 11.5. The fraction of sp³-hybridized carbons (Fsp3) is 0.385. The molecular weight excluding hydrogens is 262 g/mol. The second-order valence-electron chi connectivity index (χ2n) is 4.15. The van der Waals surface area contributed by atoms with E-state index in [1.165, 1.54) is 0 Å². The number of thiazole rings is 1. The molecule has 0 fully saturated rings. The van der Waals surface area contributed by atoms with Crippen LogP contribution in [0.5, 0.6) is 0 Å². The van der Waals surface area contributed by atoms with E-state index in [0.717, 1.165) is 22.2 Å². The van der Waals surface area contributed by atoms with Crippen molar-refractivity contribution in [1.29, 1.82) is 0 Å². The van der Waals surface area contributed by atoms with Gasteiger partial charge < -0.3 is 15.1 Å². The second-order valence-corrected chi connectivity index (χ2v) is 5.21. The zero-order valence-electron chi connectivity index (χ0n) is 11.0. The molecular formula is C13H17N3O2S. The molecule has 2 aromatic heterocycles. The number of amides is 1. The van der Waals surface area contributed by atoms with Crippen molar-refractivity contribution in [3.63, 3.8) is 0 Å². The summed E-state index contributed by atoms with van der Waals surface area (Å²) in [5.41, 5.74) is 0.843. The molecule has 19 heavy (non-hydrogen) atoms. The number of furan rings is 1. The summed E-state index contributed by atoms with van der Waals surface area (Å²) < 4.78 is 5.65. The van der Waals surface area contributed by atoms with Crippen LogP contribution in [0.4, 0.5) is 0 Å². The van der Waals surface area contributed by atoms with Crippen LogP contribution in [-0.4, -0.2) is 24.5 Å². The van der Waals surface area contributed by atoms with E-state index in [1.807, 2.05) is 31.5 Å². The van der Waals surface area contributed by atoms with Gasteiger partial charge in [-0.3, -0.25) is 4.79 Å². The van der Waals surface area contributed by atoms with Crippen molar-refractivity contribution in [3.8, 4) is 11.5 Å². The fourth-order valence-corrected chi connectivity index (χ4v) is 2.20. The van der Waals surface area contributed by atoms with Crippen molar-refractivity contribution in [2.45, 2.75) is 19.9 Å². The number of rotatable bonds is 6. The van der Waals surface area contributed by atoms with Gasteiger partial charge in [-0.25, -0.2) is 4.98 Å². The summed E-state index contributed by atoms with van der Waals surface area (Å²) >= 11 is 1.59. The zero-order chi connectivity index (χ0) is 13.7. The monoisotopic (exact) mass is 279 g/mol. The number of carbonyl (C=O) groups is 1. The molecule has 0 bridgehead atoms. The first-order valence-corrected chi connectivity index (χ1v) is 6.99. The van der Waals surface area contributed by atoms with Gasteiger partial charge in [-0.15, -0.1) is 11.3 Å². The van der Waals surface area contributed by atoms with Gasteiger partial charge in [0.15, 0.2) is 5.76 Å². The van der Waals surface area contributed by atoms with E-state index in [0.29, 0.717) is 19.5 Å². The van der Waals surface area contributed by atoms with Gasteiger partial charge in [0, 0.05) is 18.3 Å². The van der Waals surface area contributed by atoms with Crippen LogP contribution in [0, 0.1) is 6.92 Å². The van der Waals surface area contributed by atoms with Crippen molar-refractivity contribution < 1.29 is 9.21 Å². The highest BCUT2D eigenvalue weighted by Gasteiger charge is 2.08. The Balaban J connectivity index is 1.89. The molecule has 6 heteroatoms. The molecule has 0 spiro atoms. The lowest BCUT2D eigenvalue weighted by Gasteiger charge is -2.02. The van der Waals surface area contributed by atoms with Gasteiger partial charge in [0.05, 0.1) is 11.6 Å². The van der Waals surface area contributed by atoms with E-state index in [1.54, 1.807) is 11.3 Å². The van der Waals surface area contributed by atoms with Crippen molar-refractivity contribution in [1.82, 2.24) is 15.6 Å². The molecule has 2 heterocycles. The Morgan fingerprint density at radius 1 is 1.47 bits per heavy atom. The predicted octanol–water partition coefficient (Wildman–Crippen LogP) is 1.94. The van der Waals surface area contributed by atoms with Crippen LogP contribution >= 0.6 is 11.3 Å². The first-order valence-electron chi connectivity index (χ1n) is 6.11. The lowest BCUT2D eigenvalue weighted by Crippen LogP contribution is -2.25. The van der Waals surface area contributed by atoms with Crippen LogP contribution < -0.4 is 10.6 Å². The van der Waals surface area contributed by atoms with Crippen LogP contribution in [-0.2, 0) is 11.3 Å². The van der Waals surface area contributed by atoms with E-state index in [2.05, 4.69) is 15.6 Å². The maximum atomic E-state index is 11.5. The zero-order valence-corrected chi connectivity index (χ0v) is 11.8. The van der Waals surface area contributed by atoms with Crippen molar-refractivity contribution >= 4 is 17.2 Å². The number of hydrogen-bond acceptors (Lipinski definition) is 5. The summed E-state index contributed by atoms with van der Waals surface area (Å²) in [6, 6.07) is 3.74. The average Bonchev–Trinajstić information content (AvgIpc) is 3.02. The minimum atomic E-state index is 0.0109. The second kappa shape index (κ2) is 6.49. The quantitative estimate of drug-likeness (QED) is 0.848. The molecule has 102 valence electrons. The van der Waals surface area contributed by atoms with Crippen molar-refractivity contribution in [2.75, 3.05) is 13.6 Å². The van der Waals surface area contributed by atoms with Crippen molar-refractivity contribution in [2.24, 2.45) is 0 Å². The Morgan fingerprint density at radius 2 is 2.32 bits per heavy atom. The smallest absolute Gasteiger partial charge is 0.221 e. The predicted molar refractivity (Wildman–Crippen MR) is 74.9 cm³/mol. The molecule has 0 atom stereocenters. The minimum absolute atomic E-state index is 0.0109. The first kappa shape index (κ1) is 13.8. The molecule has 0 radical (unpaired) electrons. The third-order valence-electron chi connectivity index (χ3n) is 2.59. The van der Waals surface area contributed by atoms with Crippen LogP contribution in [0.25, 0.3) is 11.5 Å². The Kier molecular flexibility index (Phi) is 4.70. The Morgan fingerprint density at radius 3 is 3.00 bits per heavy atom. The number of hydrogen-bond donors (Lipinski definition) is 2. The molecule has 0 aliphatic heterocycles. The highest BCUT2D eigenvalue weighted by Crippen LogP contribution is 2.23. The molecule has 0 saturated heterocycles.